The Balaban J connectivity index is 1.48. The Hall–Kier alpha value is -3.47. The maximum atomic E-state index is 12.7. The topological polar surface area (TPSA) is 90.1 Å². The smallest absolute Gasteiger partial charge is 0.416 e. The molecule has 7 nitrogen and oxygen atoms in total. The van der Waals surface area contributed by atoms with Crippen LogP contribution in [0.3, 0.4) is 0 Å². The van der Waals surface area contributed by atoms with E-state index in [9.17, 15) is 18.0 Å². The number of thiazole rings is 1. The monoisotopic (exact) mass is 448 g/mol. The van der Waals surface area contributed by atoms with E-state index in [4.69, 9.17) is 9.84 Å². The molecule has 1 N–H and O–H groups in total. The van der Waals surface area contributed by atoms with E-state index in [1.807, 2.05) is 0 Å². The van der Waals surface area contributed by atoms with Crippen LogP contribution in [0.4, 0.5) is 13.2 Å². The zero-order valence-corrected chi connectivity index (χ0v) is 16.9. The molecule has 160 valence electrons. The van der Waals surface area contributed by atoms with E-state index in [-0.39, 0.29) is 13.0 Å². The molecule has 4 aromatic rings. The van der Waals surface area contributed by atoms with Gasteiger partial charge in [-0.1, -0.05) is 0 Å². The summed E-state index contributed by atoms with van der Waals surface area (Å²) >= 11 is 1.31. The lowest BCUT2D eigenvalue weighted by atomic mass is 10.2. The quantitative estimate of drug-likeness (QED) is 0.470. The number of hydrogen-bond acceptors (Lipinski definition) is 6. The van der Waals surface area contributed by atoms with Crippen LogP contribution in [0.25, 0.3) is 15.9 Å². The first-order valence-corrected chi connectivity index (χ1v) is 9.85. The van der Waals surface area contributed by atoms with Gasteiger partial charge < -0.3 is 9.84 Å². The lowest BCUT2D eigenvalue weighted by Crippen LogP contribution is -2.06. The zero-order chi connectivity index (χ0) is 22.2. The summed E-state index contributed by atoms with van der Waals surface area (Å²) in [5, 5.41) is 18.0. The molecular formula is C20H15F3N4O3S. The van der Waals surface area contributed by atoms with E-state index in [2.05, 4.69) is 15.2 Å². The molecule has 2 aromatic heterocycles. The third kappa shape index (κ3) is 4.66. The van der Waals surface area contributed by atoms with Gasteiger partial charge in [0, 0.05) is 6.07 Å². The Morgan fingerprint density at radius 3 is 2.58 bits per heavy atom. The van der Waals surface area contributed by atoms with Crippen molar-refractivity contribution in [1.29, 1.82) is 0 Å². The highest BCUT2D eigenvalue weighted by Crippen LogP contribution is 2.30. The van der Waals surface area contributed by atoms with Gasteiger partial charge in [-0.25, -0.2) is 4.98 Å². The van der Waals surface area contributed by atoms with Gasteiger partial charge in [-0.2, -0.15) is 23.1 Å². The minimum atomic E-state index is -4.40. The zero-order valence-electron chi connectivity index (χ0n) is 16.1. The second-order valence-corrected chi connectivity index (χ2v) is 7.78. The lowest BCUT2D eigenvalue weighted by Gasteiger charge is -2.07. The number of benzene rings is 2. The van der Waals surface area contributed by atoms with Gasteiger partial charge in [-0.15, -0.1) is 16.4 Å². The minimum Gasteiger partial charge on any atom is -0.487 e. The summed E-state index contributed by atoms with van der Waals surface area (Å²) in [6.45, 7) is 1.83. The molecule has 0 atom stereocenters. The van der Waals surface area contributed by atoms with Crippen LogP contribution in [0.5, 0.6) is 5.75 Å². The number of halogens is 3. The number of fused-ring (bicyclic) bond motifs is 1. The molecule has 11 heteroatoms. The number of ether oxygens (including phenoxy) is 1. The van der Waals surface area contributed by atoms with Crippen molar-refractivity contribution in [2.24, 2.45) is 0 Å². The first kappa shape index (κ1) is 20.8. The molecule has 0 amide bonds. The Bertz CT molecular complexity index is 1250. The largest absolute Gasteiger partial charge is 0.487 e. The fraction of sp³-hybridized carbons (Fsp3) is 0.200. The van der Waals surface area contributed by atoms with Crippen LogP contribution in [-0.4, -0.2) is 31.1 Å². The van der Waals surface area contributed by atoms with E-state index in [1.165, 1.54) is 28.3 Å². The van der Waals surface area contributed by atoms with Crippen molar-refractivity contribution in [3.63, 3.8) is 0 Å². The van der Waals surface area contributed by atoms with Crippen LogP contribution in [0.15, 0.2) is 42.5 Å². The van der Waals surface area contributed by atoms with Crippen molar-refractivity contribution in [3.05, 3.63) is 64.4 Å². The molecule has 31 heavy (non-hydrogen) atoms. The fourth-order valence-corrected chi connectivity index (χ4v) is 3.78. The molecule has 0 unspecified atom stereocenters. The number of carboxylic acids is 1. The van der Waals surface area contributed by atoms with Crippen LogP contribution in [0.2, 0.25) is 0 Å². The third-order valence-corrected chi connectivity index (χ3v) is 5.42. The van der Waals surface area contributed by atoms with Crippen molar-refractivity contribution in [1.82, 2.24) is 20.0 Å². The van der Waals surface area contributed by atoms with Gasteiger partial charge in [0.1, 0.15) is 23.1 Å². The standard InChI is InChI=1S/C20H15F3N4O3S/c1-11-16(26-27(25-11)13-4-2-12(3-5-13)20(21,22)23)10-30-14-6-7-17-15(8-14)24-18(31-17)9-19(28)29/h2-8H,9-10H2,1H3,(H,28,29). The van der Waals surface area contributed by atoms with Gasteiger partial charge in [0.15, 0.2) is 0 Å². The molecule has 0 radical (unpaired) electrons. The molecule has 0 bridgehead atoms. The van der Waals surface area contributed by atoms with Crippen molar-refractivity contribution in [2.45, 2.75) is 26.1 Å². The average molecular weight is 448 g/mol. The van der Waals surface area contributed by atoms with E-state index in [1.54, 1.807) is 25.1 Å². The summed E-state index contributed by atoms with van der Waals surface area (Å²) in [7, 11) is 0. The second-order valence-electron chi connectivity index (χ2n) is 6.66. The molecule has 0 fully saturated rings. The fourth-order valence-electron chi connectivity index (χ4n) is 2.84. The van der Waals surface area contributed by atoms with E-state index in [0.717, 1.165) is 16.8 Å². The Kier molecular flexibility index (Phi) is 5.36. The van der Waals surface area contributed by atoms with E-state index >= 15 is 0 Å². The minimum absolute atomic E-state index is 0.101. The van der Waals surface area contributed by atoms with Crippen molar-refractivity contribution >= 4 is 27.5 Å². The second kappa shape index (κ2) is 7.99. The molecule has 2 aromatic carbocycles. The van der Waals surface area contributed by atoms with Crippen molar-refractivity contribution < 1.29 is 27.8 Å². The van der Waals surface area contributed by atoms with Gasteiger partial charge >= 0.3 is 12.1 Å². The third-order valence-electron chi connectivity index (χ3n) is 4.38. The van der Waals surface area contributed by atoms with Gasteiger partial charge in [-0.05, 0) is 43.3 Å². The summed E-state index contributed by atoms with van der Waals surface area (Å²) in [4.78, 5) is 16.4. The maximum absolute atomic E-state index is 12.7. The maximum Gasteiger partial charge on any atom is 0.416 e. The highest BCUT2D eigenvalue weighted by Gasteiger charge is 2.30. The molecule has 0 aliphatic carbocycles. The number of alkyl halides is 3. The van der Waals surface area contributed by atoms with Crippen LogP contribution in [-0.2, 0) is 24.0 Å². The molecule has 0 aliphatic rings. The van der Waals surface area contributed by atoms with Crippen molar-refractivity contribution in [2.75, 3.05) is 0 Å². The molecule has 2 heterocycles. The SMILES string of the molecule is Cc1nn(-c2ccc(C(F)(F)F)cc2)nc1COc1ccc2sc(CC(=O)O)nc2c1. The first-order chi connectivity index (χ1) is 14.7. The number of carbonyl (C=O) groups is 1. The van der Waals surface area contributed by atoms with Gasteiger partial charge in [-0.3, -0.25) is 4.79 Å². The summed E-state index contributed by atoms with van der Waals surface area (Å²) in [6, 6.07) is 9.83. The van der Waals surface area contributed by atoms with E-state index < -0.39 is 17.7 Å². The predicted octanol–water partition coefficient (Wildman–Crippen LogP) is 4.41. The molecule has 0 saturated carbocycles. The Morgan fingerprint density at radius 1 is 1.16 bits per heavy atom. The van der Waals surface area contributed by atoms with E-state index in [0.29, 0.717) is 33.3 Å². The summed E-state index contributed by atoms with van der Waals surface area (Å²) < 4.78 is 44.8. The number of rotatable bonds is 6. The normalized spacial score (nSPS) is 11.7. The number of hydrogen-bond donors (Lipinski definition) is 1. The highest BCUT2D eigenvalue weighted by molar-refractivity contribution is 7.18. The Morgan fingerprint density at radius 2 is 1.90 bits per heavy atom. The summed E-state index contributed by atoms with van der Waals surface area (Å²) in [5.41, 5.74) is 1.41. The van der Waals surface area contributed by atoms with Crippen LogP contribution in [0, 0.1) is 6.92 Å². The predicted molar refractivity (Wildman–Crippen MR) is 106 cm³/mol. The van der Waals surface area contributed by atoms with Gasteiger partial charge in [0.05, 0.1) is 33.6 Å². The summed E-state index contributed by atoms with van der Waals surface area (Å²) in [6.07, 6.45) is -4.54. The first-order valence-electron chi connectivity index (χ1n) is 9.03. The Labute approximate surface area is 177 Å². The average Bonchev–Trinajstić information content (AvgIpc) is 3.27. The molecule has 4 rings (SSSR count). The highest BCUT2D eigenvalue weighted by atomic mass is 32.1. The van der Waals surface area contributed by atoms with Gasteiger partial charge in [0.2, 0.25) is 0 Å². The molecule has 0 saturated heterocycles. The number of carboxylic acid groups (broad SMARTS) is 1. The van der Waals surface area contributed by atoms with Crippen LogP contribution in [0.1, 0.15) is 22.0 Å². The molecular weight excluding hydrogens is 433 g/mol. The van der Waals surface area contributed by atoms with Crippen LogP contribution < -0.4 is 4.74 Å². The summed E-state index contributed by atoms with van der Waals surface area (Å²) in [5.74, 6) is -0.412. The lowest BCUT2D eigenvalue weighted by molar-refractivity contribution is -0.138. The number of aliphatic carboxylic acids is 1. The number of aryl methyl sites for hydroxylation is 1. The van der Waals surface area contributed by atoms with Gasteiger partial charge in [0.25, 0.3) is 0 Å². The molecule has 0 spiro atoms. The molecule has 0 aliphatic heterocycles. The number of aromatic nitrogens is 4. The number of nitrogens with zero attached hydrogens (tertiary/aromatic N) is 4. The van der Waals surface area contributed by atoms with Crippen molar-refractivity contribution in [3.8, 4) is 11.4 Å². The van der Waals surface area contributed by atoms with Crippen LogP contribution >= 0.6 is 11.3 Å².